The molecule has 0 saturated heterocycles. The van der Waals surface area contributed by atoms with E-state index in [1.807, 2.05) is 6.07 Å². The van der Waals surface area contributed by atoms with Crippen LogP contribution in [-0.4, -0.2) is 23.2 Å². The average Bonchev–Trinajstić information content (AvgIpc) is 2.91. The summed E-state index contributed by atoms with van der Waals surface area (Å²) in [6, 6.07) is 10.3. The van der Waals surface area contributed by atoms with Crippen molar-refractivity contribution in [1.82, 2.24) is 4.98 Å². The van der Waals surface area contributed by atoms with Gasteiger partial charge in [0.25, 0.3) is 0 Å². The number of fused-ring (bicyclic) bond motifs is 1. The zero-order valence-electron chi connectivity index (χ0n) is 11.0. The van der Waals surface area contributed by atoms with Gasteiger partial charge in [-0.3, -0.25) is 0 Å². The summed E-state index contributed by atoms with van der Waals surface area (Å²) in [6.45, 7) is 0. The van der Waals surface area contributed by atoms with Crippen molar-refractivity contribution >= 4 is 39.8 Å². The van der Waals surface area contributed by atoms with E-state index in [-0.39, 0.29) is 5.56 Å². The van der Waals surface area contributed by atoms with Crippen molar-refractivity contribution in [3.05, 3.63) is 46.3 Å². The third-order valence-electron chi connectivity index (χ3n) is 3.07. The lowest BCUT2D eigenvalue weighted by molar-refractivity contribution is 0.0699. The second kappa shape index (κ2) is 5.35. The van der Waals surface area contributed by atoms with Crippen LogP contribution in [0.1, 0.15) is 10.4 Å². The number of carbonyl (C=O) groups is 1. The SMILES string of the molecule is COc1ccc2c(C(=O)O)cc(-c3ccc(Cl)s3)nc2c1. The monoisotopic (exact) mass is 319 g/mol. The number of hydrogen-bond donors (Lipinski definition) is 1. The minimum absolute atomic E-state index is 0.210. The summed E-state index contributed by atoms with van der Waals surface area (Å²) in [5, 5.41) is 9.98. The van der Waals surface area contributed by atoms with Crippen molar-refractivity contribution in [1.29, 1.82) is 0 Å². The summed E-state index contributed by atoms with van der Waals surface area (Å²) < 4.78 is 5.80. The second-order valence-corrected chi connectivity index (χ2v) is 6.06. The van der Waals surface area contributed by atoms with Crippen LogP contribution in [0.25, 0.3) is 21.5 Å². The highest BCUT2D eigenvalue weighted by Gasteiger charge is 2.14. The van der Waals surface area contributed by atoms with Crippen LogP contribution < -0.4 is 4.74 Å². The number of benzene rings is 1. The Morgan fingerprint density at radius 1 is 1.29 bits per heavy atom. The Hall–Kier alpha value is -2.11. The summed E-state index contributed by atoms with van der Waals surface area (Å²) in [4.78, 5) is 16.8. The van der Waals surface area contributed by atoms with E-state index >= 15 is 0 Å². The molecule has 0 amide bonds. The number of methoxy groups -OCH3 is 1. The van der Waals surface area contributed by atoms with Crippen molar-refractivity contribution in [2.75, 3.05) is 7.11 Å². The van der Waals surface area contributed by atoms with E-state index in [0.717, 1.165) is 4.88 Å². The molecule has 2 heterocycles. The number of hydrogen-bond acceptors (Lipinski definition) is 4. The third kappa shape index (κ3) is 2.57. The molecule has 0 aliphatic carbocycles. The molecular formula is C15H10ClNO3S. The van der Waals surface area contributed by atoms with Crippen LogP contribution in [0, 0.1) is 0 Å². The van der Waals surface area contributed by atoms with Crippen LogP contribution >= 0.6 is 22.9 Å². The summed E-state index contributed by atoms with van der Waals surface area (Å²) in [7, 11) is 1.56. The number of aromatic carboxylic acids is 1. The lowest BCUT2D eigenvalue weighted by atomic mass is 10.1. The molecule has 1 N–H and O–H groups in total. The van der Waals surface area contributed by atoms with E-state index in [2.05, 4.69) is 4.98 Å². The number of nitrogens with zero attached hydrogens (tertiary/aromatic N) is 1. The standard InChI is InChI=1S/C15H10ClNO3S/c1-20-8-2-3-9-10(15(18)19)7-12(17-11(9)6-8)13-4-5-14(16)21-13/h2-7H,1H3,(H,18,19). The van der Waals surface area contributed by atoms with Crippen molar-refractivity contribution in [3.8, 4) is 16.3 Å². The zero-order valence-corrected chi connectivity index (χ0v) is 12.5. The summed E-state index contributed by atoms with van der Waals surface area (Å²) in [5.41, 5.74) is 1.38. The van der Waals surface area contributed by atoms with Crippen LogP contribution in [0.5, 0.6) is 5.75 Å². The number of thiophene rings is 1. The van der Waals surface area contributed by atoms with E-state index < -0.39 is 5.97 Å². The van der Waals surface area contributed by atoms with Gasteiger partial charge in [0, 0.05) is 11.5 Å². The van der Waals surface area contributed by atoms with Gasteiger partial charge in [0.15, 0.2) is 0 Å². The second-order valence-electron chi connectivity index (χ2n) is 4.35. The number of ether oxygens (including phenoxy) is 1. The summed E-state index contributed by atoms with van der Waals surface area (Å²) >= 11 is 7.29. The first kappa shape index (κ1) is 13.9. The van der Waals surface area contributed by atoms with Crippen molar-refractivity contribution in [2.45, 2.75) is 0 Å². The molecule has 2 aromatic heterocycles. The molecule has 106 valence electrons. The van der Waals surface area contributed by atoms with Gasteiger partial charge in [-0.05, 0) is 30.3 Å². The lowest BCUT2D eigenvalue weighted by Crippen LogP contribution is -2.00. The van der Waals surface area contributed by atoms with E-state index in [1.165, 1.54) is 11.3 Å². The fourth-order valence-electron chi connectivity index (χ4n) is 2.09. The normalized spacial score (nSPS) is 10.8. The molecule has 1 aromatic carbocycles. The van der Waals surface area contributed by atoms with Gasteiger partial charge in [-0.2, -0.15) is 0 Å². The Balaban J connectivity index is 2.29. The molecule has 0 bridgehead atoms. The fourth-order valence-corrected chi connectivity index (χ4v) is 3.09. The Bertz CT molecular complexity index is 844. The summed E-state index contributed by atoms with van der Waals surface area (Å²) in [6.07, 6.45) is 0. The highest BCUT2D eigenvalue weighted by Crippen LogP contribution is 2.33. The van der Waals surface area contributed by atoms with Crippen LogP contribution in [0.2, 0.25) is 4.34 Å². The number of carboxylic acids is 1. The van der Waals surface area contributed by atoms with Crippen LogP contribution in [0.3, 0.4) is 0 Å². The molecule has 0 unspecified atom stereocenters. The highest BCUT2D eigenvalue weighted by atomic mass is 35.5. The third-order valence-corrected chi connectivity index (χ3v) is 4.33. The first-order valence-electron chi connectivity index (χ1n) is 6.06. The van der Waals surface area contributed by atoms with Gasteiger partial charge >= 0.3 is 5.97 Å². The van der Waals surface area contributed by atoms with Gasteiger partial charge in [0.2, 0.25) is 0 Å². The lowest BCUT2D eigenvalue weighted by Gasteiger charge is -2.07. The maximum absolute atomic E-state index is 11.5. The van der Waals surface area contributed by atoms with Gasteiger partial charge in [-0.25, -0.2) is 9.78 Å². The molecule has 0 atom stereocenters. The van der Waals surface area contributed by atoms with E-state index in [9.17, 15) is 9.90 Å². The highest BCUT2D eigenvalue weighted by molar-refractivity contribution is 7.19. The first-order valence-corrected chi connectivity index (χ1v) is 7.26. The molecule has 4 nitrogen and oxygen atoms in total. The largest absolute Gasteiger partial charge is 0.497 e. The Morgan fingerprint density at radius 2 is 2.10 bits per heavy atom. The topological polar surface area (TPSA) is 59.4 Å². The minimum Gasteiger partial charge on any atom is -0.497 e. The van der Waals surface area contributed by atoms with Crippen LogP contribution in [0.4, 0.5) is 0 Å². The molecule has 0 spiro atoms. The molecule has 6 heteroatoms. The van der Waals surface area contributed by atoms with Gasteiger partial charge in [0.05, 0.1) is 33.1 Å². The number of pyridine rings is 1. The summed E-state index contributed by atoms with van der Waals surface area (Å²) in [5.74, 6) is -0.357. The Kier molecular flexibility index (Phi) is 3.53. The molecule has 0 fully saturated rings. The van der Waals surface area contributed by atoms with Gasteiger partial charge in [0.1, 0.15) is 5.75 Å². The Morgan fingerprint density at radius 3 is 2.71 bits per heavy atom. The fraction of sp³-hybridized carbons (Fsp3) is 0.0667. The average molecular weight is 320 g/mol. The molecule has 0 radical (unpaired) electrons. The predicted molar refractivity (Wildman–Crippen MR) is 83.6 cm³/mol. The minimum atomic E-state index is -0.989. The maximum Gasteiger partial charge on any atom is 0.336 e. The number of carboxylic acid groups (broad SMARTS) is 1. The zero-order chi connectivity index (χ0) is 15.0. The number of rotatable bonds is 3. The maximum atomic E-state index is 11.5. The molecule has 3 rings (SSSR count). The van der Waals surface area contributed by atoms with E-state index in [1.54, 1.807) is 37.4 Å². The quantitative estimate of drug-likeness (QED) is 0.781. The predicted octanol–water partition coefficient (Wildman–Crippen LogP) is 4.32. The van der Waals surface area contributed by atoms with E-state index in [4.69, 9.17) is 16.3 Å². The first-order chi connectivity index (χ1) is 10.1. The molecule has 0 aliphatic rings. The molecular weight excluding hydrogens is 310 g/mol. The smallest absolute Gasteiger partial charge is 0.336 e. The molecule has 21 heavy (non-hydrogen) atoms. The molecule has 0 saturated carbocycles. The Labute approximate surface area is 129 Å². The van der Waals surface area contributed by atoms with Crippen molar-refractivity contribution in [2.24, 2.45) is 0 Å². The van der Waals surface area contributed by atoms with Crippen molar-refractivity contribution in [3.63, 3.8) is 0 Å². The number of aromatic nitrogens is 1. The van der Waals surface area contributed by atoms with Crippen molar-refractivity contribution < 1.29 is 14.6 Å². The molecule has 0 aliphatic heterocycles. The van der Waals surface area contributed by atoms with Gasteiger partial charge in [-0.15, -0.1) is 11.3 Å². The van der Waals surface area contributed by atoms with Gasteiger partial charge in [-0.1, -0.05) is 11.6 Å². The van der Waals surface area contributed by atoms with Gasteiger partial charge < -0.3 is 9.84 Å². The van der Waals surface area contributed by atoms with Crippen LogP contribution in [0.15, 0.2) is 36.4 Å². The molecule has 3 aromatic rings. The van der Waals surface area contributed by atoms with E-state index in [0.29, 0.717) is 26.7 Å². The van der Waals surface area contributed by atoms with Crippen LogP contribution in [-0.2, 0) is 0 Å². The number of halogens is 1.